The van der Waals surface area contributed by atoms with Crippen molar-refractivity contribution in [2.24, 2.45) is 0 Å². The second-order valence-electron chi connectivity index (χ2n) is 5.12. The predicted molar refractivity (Wildman–Crippen MR) is 63.9 cm³/mol. The summed E-state index contributed by atoms with van der Waals surface area (Å²) in [6, 6.07) is 1.40. The van der Waals surface area contributed by atoms with Crippen LogP contribution < -0.4 is 19.1 Å². The minimum Gasteiger partial charge on any atom is -0.485 e. The number of benzene rings is 1. The van der Waals surface area contributed by atoms with E-state index in [2.05, 4.69) is 9.47 Å². The molecule has 0 radical (unpaired) electrons. The summed E-state index contributed by atoms with van der Waals surface area (Å²) in [5, 5.41) is 0. The molecule has 0 bridgehead atoms. The average Bonchev–Trinajstić information content (AvgIpc) is 2.69. The smallest absolute Gasteiger partial charge is 0.485 e. The van der Waals surface area contributed by atoms with E-state index in [1.54, 1.807) is 0 Å². The van der Waals surface area contributed by atoms with Gasteiger partial charge in [0.15, 0.2) is 17.3 Å². The number of ketones is 1. The fraction of sp³-hybridized carbons (Fsp3) is 0.462. The van der Waals surface area contributed by atoms with Gasteiger partial charge in [-0.15, -0.1) is 8.78 Å². The van der Waals surface area contributed by atoms with Gasteiger partial charge in [0.1, 0.15) is 6.61 Å². The van der Waals surface area contributed by atoms with Crippen LogP contribution in [0.15, 0.2) is 6.07 Å². The van der Waals surface area contributed by atoms with Crippen molar-refractivity contribution in [1.82, 2.24) is 0 Å². The third-order valence-electron chi connectivity index (χ3n) is 3.79. The second-order valence-corrected chi connectivity index (χ2v) is 5.12. The van der Waals surface area contributed by atoms with E-state index in [1.165, 1.54) is 6.07 Å². The Morgan fingerprint density at radius 1 is 1.35 bits per heavy atom. The fourth-order valence-electron chi connectivity index (χ4n) is 2.88. The van der Waals surface area contributed by atoms with Crippen LogP contribution in [0.4, 0.5) is 14.5 Å². The summed E-state index contributed by atoms with van der Waals surface area (Å²) in [7, 11) is 0. The van der Waals surface area contributed by atoms with Crippen molar-refractivity contribution in [2.75, 3.05) is 18.1 Å². The SMILES string of the molecule is CC1COc2c3c(cc4c2N1CCC4=O)OC(F)(F)O3. The van der Waals surface area contributed by atoms with Crippen molar-refractivity contribution in [3.05, 3.63) is 11.6 Å². The summed E-state index contributed by atoms with van der Waals surface area (Å²) in [5.41, 5.74) is 0.901. The Kier molecular flexibility index (Phi) is 2.07. The van der Waals surface area contributed by atoms with Gasteiger partial charge in [-0.1, -0.05) is 0 Å². The number of Topliss-reactive ketones (excluding diaryl/α,β-unsaturated/α-hetero) is 1. The molecule has 7 heteroatoms. The van der Waals surface area contributed by atoms with Crippen LogP contribution in [0.5, 0.6) is 17.2 Å². The number of carbonyl (C=O) groups is 1. The van der Waals surface area contributed by atoms with Gasteiger partial charge in [-0.2, -0.15) is 0 Å². The van der Waals surface area contributed by atoms with Crippen LogP contribution in [0.2, 0.25) is 0 Å². The molecule has 3 heterocycles. The molecular formula is C13H11F2NO4. The van der Waals surface area contributed by atoms with E-state index in [-0.39, 0.29) is 29.1 Å². The summed E-state index contributed by atoms with van der Waals surface area (Å²) >= 11 is 0. The number of anilines is 1. The quantitative estimate of drug-likeness (QED) is 0.730. The monoisotopic (exact) mass is 283 g/mol. The van der Waals surface area contributed by atoms with E-state index in [9.17, 15) is 13.6 Å². The molecule has 1 atom stereocenters. The van der Waals surface area contributed by atoms with Gasteiger partial charge in [0, 0.05) is 18.5 Å². The van der Waals surface area contributed by atoms with Gasteiger partial charge in [-0.25, -0.2) is 0 Å². The molecule has 1 aromatic carbocycles. The highest BCUT2D eigenvalue weighted by Crippen LogP contribution is 2.55. The molecule has 0 N–H and O–H groups in total. The van der Waals surface area contributed by atoms with Crippen molar-refractivity contribution >= 4 is 11.5 Å². The molecule has 5 nitrogen and oxygen atoms in total. The van der Waals surface area contributed by atoms with Crippen LogP contribution in [-0.4, -0.2) is 31.3 Å². The molecule has 0 saturated heterocycles. The Balaban J connectivity index is 1.96. The van der Waals surface area contributed by atoms with Crippen molar-refractivity contribution in [3.8, 4) is 17.2 Å². The van der Waals surface area contributed by atoms with E-state index in [4.69, 9.17) is 4.74 Å². The van der Waals surface area contributed by atoms with Gasteiger partial charge >= 0.3 is 6.29 Å². The van der Waals surface area contributed by atoms with E-state index < -0.39 is 6.29 Å². The highest BCUT2D eigenvalue weighted by molar-refractivity contribution is 6.06. The number of alkyl halides is 2. The summed E-state index contributed by atoms with van der Waals surface area (Å²) in [6.07, 6.45) is -3.37. The molecule has 0 amide bonds. The number of nitrogens with zero attached hydrogens (tertiary/aromatic N) is 1. The van der Waals surface area contributed by atoms with E-state index in [1.807, 2.05) is 11.8 Å². The first-order chi connectivity index (χ1) is 9.46. The number of carbonyl (C=O) groups excluding carboxylic acids is 1. The van der Waals surface area contributed by atoms with Crippen molar-refractivity contribution in [3.63, 3.8) is 0 Å². The van der Waals surface area contributed by atoms with Gasteiger partial charge in [-0.05, 0) is 13.0 Å². The number of rotatable bonds is 0. The average molecular weight is 283 g/mol. The van der Waals surface area contributed by atoms with E-state index in [0.717, 1.165) is 0 Å². The lowest BCUT2D eigenvalue weighted by molar-refractivity contribution is -0.287. The molecule has 1 unspecified atom stereocenters. The van der Waals surface area contributed by atoms with Crippen LogP contribution in [0.3, 0.4) is 0 Å². The van der Waals surface area contributed by atoms with E-state index in [0.29, 0.717) is 30.8 Å². The topological polar surface area (TPSA) is 48.0 Å². The van der Waals surface area contributed by atoms with Gasteiger partial charge in [0.2, 0.25) is 5.75 Å². The van der Waals surface area contributed by atoms with Crippen LogP contribution in [-0.2, 0) is 0 Å². The summed E-state index contributed by atoms with van der Waals surface area (Å²) in [4.78, 5) is 14.0. The third-order valence-corrected chi connectivity index (χ3v) is 3.79. The van der Waals surface area contributed by atoms with E-state index >= 15 is 0 Å². The van der Waals surface area contributed by atoms with Gasteiger partial charge < -0.3 is 19.1 Å². The molecule has 106 valence electrons. The molecule has 3 aliphatic rings. The molecule has 3 aliphatic heterocycles. The molecule has 0 saturated carbocycles. The largest absolute Gasteiger partial charge is 0.586 e. The Hall–Kier alpha value is -2.05. The first kappa shape index (κ1) is 11.7. The standard InChI is InChI=1S/C13H11F2NO4/c1-6-5-18-12-10-7(8(17)2-3-16(6)10)4-9-11(12)20-13(14,15)19-9/h4,6H,2-3,5H2,1H3. The number of hydrogen-bond acceptors (Lipinski definition) is 5. The van der Waals surface area contributed by atoms with Crippen LogP contribution in [0, 0.1) is 0 Å². The van der Waals surface area contributed by atoms with Crippen LogP contribution in [0.1, 0.15) is 23.7 Å². The van der Waals surface area contributed by atoms with Gasteiger partial charge in [-0.3, -0.25) is 4.79 Å². The maximum absolute atomic E-state index is 13.2. The highest BCUT2D eigenvalue weighted by Gasteiger charge is 2.48. The number of ether oxygens (including phenoxy) is 3. The van der Waals surface area contributed by atoms with Crippen LogP contribution >= 0.6 is 0 Å². The minimum absolute atomic E-state index is 0.0789. The summed E-state index contributed by atoms with van der Waals surface area (Å²) in [6.45, 7) is 2.87. The van der Waals surface area contributed by atoms with Gasteiger partial charge in [0.25, 0.3) is 0 Å². The molecule has 4 rings (SSSR count). The van der Waals surface area contributed by atoms with Crippen LogP contribution in [0.25, 0.3) is 0 Å². The number of halogens is 2. The lowest BCUT2D eigenvalue weighted by Crippen LogP contribution is -2.45. The predicted octanol–water partition coefficient (Wildman–Crippen LogP) is 2.18. The maximum atomic E-state index is 13.2. The lowest BCUT2D eigenvalue weighted by atomic mass is 9.96. The van der Waals surface area contributed by atoms with Crippen molar-refractivity contribution in [2.45, 2.75) is 25.7 Å². The maximum Gasteiger partial charge on any atom is 0.586 e. The molecule has 0 aromatic heterocycles. The molecular weight excluding hydrogens is 272 g/mol. The van der Waals surface area contributed by atoms with Crippen molar-refractivity contribution < 1.29 is 27.8 Å². The number of hydrogen-bond donors (Lipinski definition) is 0. The molecule has 0 aliphatic carbocycles. The lowest BCUT2D eigenvalue weighted by Gasteiger charge is -2.40. The zero-order chi connectivity index (χ0) is 14.1. The Morgan fingerprint density at radius 3 is 2.95 bits per heavy atom. The summed E-state index contributed by atoms with van der Waals surface area (Å²) in [5.74, 6) is -0.188. The molecule has 0 spiro atoms. The first-order valence-corrected chi connectivity index (χ1v) is 6.36. The summed E-state index contributed by atoms with van der Waals surface area (Å²) < 4.78 is 40.9. The Bertz CT molecular complexity index is 631. The first-order valence-electron chi connectivity index (χ1n) is 6.36. The molecule has 20 heavy (non-hydrogen) atoms. The fourth-order valence-corrected chi connectivity index (χ4v) is 2.88. The third kappa shape index (κ3) is 1.43. The molecule has 0 fully saturated rings. The van der Waals surface area contributed by atoms with Crippen molar-refractivity contribution in [1.29, 1.82) is 0 Å². The molecule has 1 aromatic rings. The normalized spacial score (nSPS) is 25.2. The number of fused-ring (bicyclic) bond motifs is 2. The second kappa shape index (κ2) is 3.53. The van der Waals surface area contributed by atoms with Gasteiger partial charge in [0.05, 0.1) is 11.7 Å². The zero-order valence-corrected chi connectivity index (χ0v) is 10.6. The minimum atomic E-state index is -3.72. The highest BCUT2D eigenvalue weighted by atomic mass is 19.3. The Morgan fingerprint density at radius 2 is 2.15 bits per heavy atom. The Labute approximate surface area is 113 Å². The zero-order valence-electron chi connectivity index (χ0n) is 10.6.